The first-order chi connectivity index (χ1) is 10.6. The normalized spacial score (nSPS) is 10.1. The van der Waals surface area contributed by atoms with E-state index in [1.807, 2.05) is 20.8 Å². The van der Waals surface area contributed by atoms with Crippen molar-refractivity contribution in [1.29, 1.82) is 0 Å². The molecule has 6 nitrogen and oxygen atoms in total. The van der Waals surface area contributed by atoms with Crippen LogP contribution in [0.2, 0.25) is 0 Å². The van der Waals surface area contributed by atoms with E-state index in [0.717, 1.165) is 5.69 Å². The van der Waals surface area contributed by atoms with Gasteiger partial charge in [-0.15, -0.1) is 0 Å². The lowest BCUT2D eigenvalue weighted by Gasteiger charge is -2.12. The average molecular weight is 301 g/mol. The predicted octanol–water partition coefficient (Wildman–Crippen LogP) is 2.83. The molecule has 0 bridgehead atoms. The molecule has 22 heavy (non-hydrogen) atoms. The lowest BCUT2D eigenvalue weighted by atomic mass is 10.2. The molecule has 1 heterocycles. The molecule has 0 saturated heterocycles. The van der Waals surface area contributed by atoms with Crippen molar-refractivity contribution in [2.24, 2.45) is 0 Å². The summed E-state index contributed by atoms with van der Waals surface area (Å²) in [6.07, 6.45) is 3.00. The van der Waals surface area contributed by atoms with Gasteiger partial charge in [-0.2, -0.15) is 0 Å². The van der Waals surface area contributed by atoms with Crippen LogP contribution in [0.15, 0.2) is 30.6 Å². The summed E-state index contributed by atoms with van der Waals surface area (Å²) in [5.74, 6) is 0.925. The molecule has 0 spiro atoms. The lowest BCUT2D eigenvalue weighted by Crippen LogP contribution is -2.14. The van der Waals surface area contributed by atoms with E-state index in [-0.39, 0.29) is 11.6 Å². The molecule has 1 amide bonds. The van der Waals surface area contributed by atoms with Gasteiger partial charge in [-0.25, -0.2) is 4.98 Å². The van der Waals surface area contributed by atoms with E-state index in [1.165, 1.54) is 6.20 Å². The quantitative estimate of drug-likeness (QED) is 0.888. The van der Waals surface area contributed by atoms with Crippen molar-refractivity contribution in [2.75, 3.05) is 18.5 Å². The van der Waals surface area contributed by atoms with Crippen molar-refractivity contribution in [2.45, 2.75) is 20.8 Å². The SMILES string of the molecule is CCOc1ccc(NC(=O)c2cnc(C)cn2)cc1OCC. The van der Waals surface area contributed by atoms with Crippen LogP contribution >= 0.6 is 0 Å². The molecule has 2 aromatic rings. The van der Waals surface area contributed by atoms with Crippen molar-refractivity contribution in [3.8, 4) is 11.5 Å². The fourth-order valence-electron chi connectivity index (χ4n) is 1.83. The number of ether oxygens (including phenoxy) is 2. The van der Waals surface area contributed by atoms with Gasteiger partial charge in [0, 0.05) is 18.0 Å². The standard InChI is InChI=1S/C16H19N3O3/c1-4-21-14-7-6-12(8-15(14)22-5-2)19-16(20)13-10-17-11(3)9-18-13/h6-10H,4-5H2,1-3H3,(H,19,20). The maximum Gasteiger partial charge on any atom is 0.275 e. The maximum absolute atomic E-state index is 12.1. The third-order valence-electron chi connectivity index (χ3n) is 2.81. The van der Waals surface area contributed by atoms with Crippen LogP contribution in [0.1, 0.15) is 30.0 Å². The number of benzene rings is 1. The number of nitrogens with one attached hydrogen (secondary N) is 1. The highest BCUT2D eigenvalue weighted by molar-refractivity contribution is 6.02. The maximum atomic E-state index is 12.1. The number of hydrogen-bond acceptors (Lipinski definition) is 5. The minimum absolute atomic E-state index is 0.262. The minimum atomic E-state index is -0.320. The number of nitrogens with zero attached hydrogens (tertiary/aromatic N) is 2. The summed E-state index contributed by atoms with van der Waals surface area (Å²) in [5, 5.41) is 2.77. The van der Waals surface area contributed by atoms with E-state index in [1.54, 1.807) is 24.4 Å². The number of carbonyl (C=O) groups excluding carboxylic acids is 1. The Hall–Kier alpha value is -2.63. The molecule has 0 aliphatic carbocycles. The van der Waals surface area contributed by atoms with Gasteiger partial charge in [-0.05, 0) is 32.9 Å². The molecule has 2 rings (SSSR count). The fraction of sp³-hybridized carbons (Fsp3) is 0.312. The molecular formula is C16H19N3O3. The zero-order valence-corrected chi connectivity index (χ0v) is 12.9. The number of hydrogen-bond donors (Lipinski definition) is 1. The molecule has 1 N–H and O–H groups in total. The highest BCUT2D eigenvalue weighted by atomic mass is 16.5. The molecule has 0 radical (unpaired) electrons. The third-order valence-corrected chi connectivity index (χ3v) is 2.81. The first-order valence-corrected chi connectivity index (χ1v) is 7.13. The Bertz CT molecular complexity index is 642. The first kappa shape index (κ1) is 15.8. The van der Waals surface area contributed by atoms with Crippen LogP contribution in [-0.4, -0.2) is 29.1 Å². The molecule has 1 aromatic carbocycles. The Morgan fingerprint density at radius 3 is 2.45 bits per heavy atom. The summed E-state index contributed by atoms with van der Waals surface area (Å²) in [4.78, 5) is 20.2. The summed E-state index contributed by atoms with van der Waals surface area (Å²) >= 11 is 0. The van der Waals surface area contributed by atoms with Crippen LogP contribution < -0.4 is 14.8 Å². The molecule has 1 aromatic heterocycles. The predicted molar refractivity (Wildman–Crippen MR) is 83.5 cm³/mol. The van der Waals surface area contributed by atoms with Gasteiger partial charge in [0.05, 0.1) is 25.1 Å². The van der Waals surface area contributed by atoms with E-state index in [4.69, 9.17) is 9.47 Å². The van der Waals surface area contributed by atoms with Crippen molar-refractivity contribution < 1.29 is 14.3 Å². The van der Waals surface area contributed by atoms with Gasteiger partial charge in [-0.3, -0.25) is 9.78 Å². The fourth-order valence-corrected chi connectivity index (χ4v) is 1.83. The number of rotatable bonds is 6. The molecule has 0 unspecified atom stereocenters. The number of carbonyl (C=O) groups is 1. The van der Waals surface area contributed by atoms with Crippen LogP contribution in [-0.2, 0) is 0 Å². The van der Waals surface area contributed by atoms with E-state index in [2.05, 4.69) is 15.3 Å². The zero-order chi connectivity index (χ0) is 15.9. The molecule has 0 saturated carbocycles. The Labute approximate surface area is 129 Å². The summed E-state index contributed by atoms with van der Waals surface area (Å²) in [6, 6.07) is 5.26. The molecule has 6 heteroatoms. The Kier molecular flexibility index (Phi) is 5.30. The first-order valence-electron chi connectivity index (χ1n) is 7.13. The van der Waals surface area contributed by atoms with Gasteiger partial charge >= 0.3 is 0 Å². The summed E-state index contributed by atoms with van der Waals surface area (Å²) in [5.41, 5.74) is 1.63. The Morgan fingerprint density at radius 2 is 1.82 bits per heavy atom. The topological polar surface area (TPSA) is 73.3 Å². The Balaban J connectivity index is 2.16. The van der Waals surface area contributed by atoms with Crippen molar-refractivity contribution in [3.05, 3.63) is 42.0 Å². The van der Waals surface area contributed by atoms with E-state index < -0.39 is 0 Å². The minimum Gasteiger partial charge on any atom is -0.490 e. The van der Waals surface area contributed by atoms with Crippen molar-refractivity contribution in [3.63, 3.8) is 0 Å². The van der Waals surface area contributed by atoms with Crippen LogP contribution in [0.25, 0.3) is 0 Å². The highest BCUT2D eigenvalue weighted by Gasteiger charge is 2.11. The monoisotopic (exact) mass is 301 g/mol. The van der Waals surface area contributed by atoms with Gasteiger partial charge < -0.3 is 14.8 Å². The lowest BCUT2D eigenvalue weighted by molar-refractivity contribution is 0.102. The zero-order valence-electron chi connectivity index (χ0n) is 12.9. The third kappa shape index (κ3) is 3.94. The molecule has 0 aliphatic rings. The van der Waals surface area contributed by atoms with E-state index >= 15 is 0 Å². The molecule has 0 aliphatic heterocycles. The Morgan fingerprint density at radius 1 is 1.09 bits per heavy atom. The molecule has 0 atom stereocenters. The second kappa shape index (κ2) is 7.40. The average Bonchev–Trinajstić information content (AvgIpc) is 2.51. The number of anilines is 1. The molecule has 116 valence electrons. The second-order valence-electron chi connectivity index (χ2n) is 4.52. The second-order valence-corrected chi connectivity index (χ2v) is 4.52. The molecule has 0 fully saturated rings. The van der Waals surface area contributed by atoms with Crippen LogP contribution in [0, 0.1) is 6.92 Å². The van der Waals surface area contributed by atoms with Crippen LogP contribution in [0.5, 0.6) is 11.5 Å². The largest absolute Gasteiger partial charge is 0.490 e. The van der Waals surface area contributed by atoms with Crippen molar-refractivity contribution >= 4 is 11.6 Å². The summed E-state index contributed by atoms with van der Waals surface area (Å²) in [6.45, 7) is 6.67. The number of aryl methyl sites for hydroxylation is 1. The van der Waals surface area contributed by atoms with Gasteiger partial charge in [0.25, 0.3) is 5.91 Å². The van der Waals surface area contributed by atoms with Gasteiger partial charge in [0.1, 0.15) is 5.69 Å². The van der Waals surface area contributed by atoms with Crippen LogP contribution in [0.4, 0.5) is 5.69 Å². The highest BCUT2D eigenvalue weighted by Crippen LogP contribution is 2.30. The number of amides is 1. The van der Waals surface area contributed by atoms with Gasteiger partial charge in [-0.1, -0.05) is 0 Å². The summed E-state index contributed by atoms with van der Waals surface area (Å²) < 4.78 is 11.0. The van der Waals surface area contributed by atoms with Gasteiger partial charge in [0.15, 0.2) is 11.5 Å². The van der Waals surface area contributed by atoms with E-state index in [0.29, 0.717) is 30.4 Å². The van der Waals surface area contributed by atoms with E-state index in [9.17, 15) is 4.79 Å². The van der Waals surface area contributed by atoms with Crippen molar-refractivity contribution in [1.82, 2.24) is 9.97 Å². The molecular weight excluding hydrogens is 282 g/mol. The smallest absolute Gasteiger partial charge is 0.275 e. The number of aromatic nitrogens is 2. The van der Waals surface area contributed by atoms with Gasteiger partial charge in [0.2, 0.25) is 0 Å². The summed E-state index contributed by atoms with van der Waals surface area (Å²) in [7, 11) is 0. The van der Waals surface area contributed by atoms with Crippen LogP contribution in [0.3, 0.4) is 0 Å².